The van der Waals surface area contributed by atoms with Crippen molar-refractivity contribution in [2.45, 2.75) is 39.0 Å². The Hall–Kier alpha value is -2.91. The van der Waals surface area contributed by atoms with Crippen LogP contribution in [0.1, 0.15) is 41.9 Å². The lowest BCUT2D eigenvalue weighted by Gasteiger charge is -2.40. The van der Waals surface area contributed by atoms with Crippen LogP contribution in [0.25, 0.3) is 0 Å². The number of carbonyl (C=O) groups excluding carboxylic acids is 1. The molecule has 0 radical (unpaired) electrons. The Morgan fingerprint density at radius 1 is 1.20 bits per heavy atom. The summed E-state index contributed by atoms with van der Waals surface area (Å²) in [5.74, 6) is -0.838. The van der Waals surface area contributed by atoms with E-state index in [0.717, 1.165) is 16.7 Å². The molecule has 4 rings (SSSR count). The molecule has 1 aliphatic carbocycles. The van der Waals surface area contributed by atoms with Crippen molar-refractivity contribution in [2.75, 3.05) is 4.90 Å². The van der Waals surface area contributed by atoms with E-state index in [4.69, 9.17) is 5.73 Å². The molecule has 0 saturated heterocycles. The average Bonchev–Trinajstić information content (AvgIpc) is 2.70. The topological polar surface area (TPSA) is 70.1 Å². The molecule has 1 heterocycles. The Kier molecular flexibility index (Phi) is 5.25. The van der Waals surface area contributed by atoms with Gasteiger partial charge in [-0.2, -0.15) is 5.26 Å². The zero-order chi connectivity index (χ0) is 21.6. The highest BCUT2D eigenvalue weighted by Crippen LogP contribution is 2.47. The van der Waals surface area contributed by atoms with Crippen LogP contribution >= 0.6 is 15.9 Å². The second-order valence-corrected chi connectivity index (χ2v) is 8.69. The van der Waals surface area contributed by atoms with Gasteiger partial charge in [-0.15, -0.1) is 0 Å². The molecule has 1 aliphatic heterocycles. The molecule has 0 spiro atoms. The third-order valence-corrected chi connectivity index (χ3v) is 6.30. The number of hydrogen-bond acceptors (Lipinski definition) is 4. The summed E-state index contributed by atoms with van der Waals surface area (Å²) in [6.45, 7) is 3.95. The minimum atomic E-state index is -0.535. The number of ketones is 1. The highest BCUT2D eigenvalue weighted by Gasteiger charge is 2.41. The number of Topliss-reactive ketones (excluding diaryl/α,β-unsaturated/α-hetero) is 1. The second kappa shape index (κ2) is 7.73. The molecule has 2 aromatic carbocycles. The van der Waals surface area contributed by atoms with Crippen molar-refractivity contribution in [1.29, 1.82) is 5.26 Å². The second-order valence-electron chi connectivity index (χ2n) is 7.77. The first-order valence-electron chi connectivity index (χ1n) is 9.81. The number of hydrogen-bond donors (Lipinski definition) is 1. The summed E-state index contributed by atoms with van der Waals surface area (Å²) in [6, 6.07) is 12.9. The first kappa shape index (κ1) is 20.4. The lowest BCUT2D eigenvalue weighted by atomic mass is 9.74. The molecule has 0 aromatic heterocycles. The van der Waals surface area contributed by atoms with Crippen LogP contribution in [0.15, 0.2) is 63.5 Å². The number of nitrogens with zero attached hydrogens (tertiary/aromatic N) is 2. The maximum absolute atomic E-state index is 14.9. The van der Waals surface area contributed by atoms with E-state index in [-0.39, 0.29) is 22.9 Å². The summed E-state index contributed by atoms with van der Waals surface area (Å²) in [4.78, 5) is 14.7. The number of nitrogens with two attached hydrogens (primary N) is 1. The maximum atomic E-state index is 14.9. The van der Waals surface area contributed by atoms with Crippen LogP contribution in [0.5, 0.6) is 0 Å². The summed E-state index contributed by atoms with van der Waals surface area (Å²) in [5, 5.41) is 10.1. The predicted octanol–water partition coefficient (Wildman–Crippen LogP) is 5.51. The molecule has 0 saturated carbocycles. The van der Waals surface area contributed by atoms with Crippen molar-refractivity contribution in [3.63, 3.8) is 0 Å². The van der Waals surface area contributed by atoms with E-state index in [9.17, 15) is 14.4 Å². The Balaban J connectivity index is 2.02. The van der Waals surface area contributed by atoms with Crippen molar-refractivity contribution in [3.8, 4) is 6.07 Å². The van der Waals surface area contributed by atoms with Gasteiger partial charge in [0, 0.05) is 22.2 Å². The largest absolute Gasteiger partial charge is 0.384 e. The molecule has 0 fully saturated rings. The number of halogens is 2. The summed E-state index contributed by atoms with van der Waals surface area (Å²) >= 11 is 3.27. The molecule has 2 aliphatic rings. The van der Waals surface area contributed by atoms with E-state index in [1.165, 1.54) is 6.07 Å². The van der Waals surface area contributed by atoms with Crippen molar-refractivity contribution in [1.82, 2.24) is 0 Å². The Morgan fingerprint density at radius 2 is 1.97 bits per heavy atom. The van der Waals surface area contributed by atoms with Crippen LogP contribution in [0.3, 0.4) is 0 Å². The predicted molar refractivity (Wildman–Crippen MR) is 118 cm³/mol. The standard InChI is InChI=1S/C24H21BrFN3O/c1-13-6-7-14(2)16(10-13)22-17(12-27)24(28)29(19-9-8-15(25)11-18(19)26)20-4-3-5-21(30)23(20)22/h6-11,22H,3-5,28H2,1-2H3. The molecule has 4 nitrogen and oxygen atoms in total. The highest BCUT2D eigenvalue weighted by atomic mass is 79.9. The zero-order valence-corrected chi connectivity index (χ0v) is 18.4. The van der Waals surface area contributed by atoms with Gasteiger partial charge in [0.25, 0.3) is 0 Å². The van der Waals surface area contributed by atoms with Gasteiger partial charge in [-0.25, -0.2) is 4.39 Å². The summed E-state index contributed by atoms with van der Waals surface area (Å²) < 4.78 is 15.5. The molecule has 1 atom stereocenters. The fourth-order valence-corrected chi connectivity index (χ4v) is 4.74. The highest BCUT2D eigenvalue weighted by molar-refractivity contribution is 9.10. The van der Waals surface area contributed by atoms with Gasteiger partial charge in [0.15, 0.2) is 5.78 Å². The van der Waals surface area contributed by atoms with E-state index >= 15 is 0 Å². The van der Waals surface area contributed by atoms with Gasteiger partial charge in [0.1, 0.15) is 11.6 Å². The minimum absolute atomic E-state index is 0.00933. The number of benzene rings is 2. The fraction of sp³-hybridized carbons (Fsp3) is 0.250. The quantitative estimate of drug-likeness (QED) is 0.634. The Bertz CT molecular complexity index is 1180. The van der Waals surface area contributed by atoms with E-state index in [1.54, 1.807) is 17.0 Å². The number of anilines is 1. The van der Waals surface area contributed by atoms with Crippen LogP contribution < -0.4 is 10.6 Å². The van der Waals surface area contributed by atoms with Gasteiger partial charge >= 0.3 is 0 Å². The molecule has 1 unspecified atom stereocenters. The smallest absolute Gasteiger partial charge is 0.161 e. The van der Waals surface area contributed by atoms with Gasteiger partial charge < -0.3 is 5.73 Å². The minimum Gasteiger partial charge on any atom is -0.384 e. The van der Waals surface area contributed by atoms with Crippen LogP contribution in [0.4, 0.5) is 10.1 Å². The lowest BCUT2D eigenvalue weighted by Crippen LogP contribution is -2.39. The molecule has 30 heavy (non-hydrogen) atoms. The summed E-state index contributed by atoms with van der Waals surface area (Å²) in [5.41, 5.74) is 11.2. The van der Waals surface area contributed by atoms with Gasteiger partial charge in [-0.1, -0.05) is 39.7 Å². The molecule has 2 aromatic rings. The molecular formula is C24H21BrFN3O. The first-order valence-corrected chi connectivity index (χ1v) is 10.6. The van der Waals surface area contributed by atoms with Gasteiger partial charge in [-0.3, -0.25) is 9.69 Å². The molecular weight excluding hydrogens is 445 g/mol. The first-order chi connectivity index (χ1) is 14.3. The number of nitriles is 1. The fourth-order valence-electron chi connectivity index (χ4n) is 4.41. The third kappa shape index (κ3) is 3.23. The molecule has 0 amide bonds. The third-order valence-electron chi connectivity index (χ3n) is 5.81. The van der Waals surface area contributed by atoms with Crippen LogP contribution in [-0.4, -0.2) is 5.78 Å². The van der Waals surface area contributed by atoms with Crippen LogP contribution in [0, 0.1) is 31.0 Å². The van der Waals surface area contributed by atoms with Crippen molar-refractivity contribution in [3.05, 3.63) is 86.0 Å². The monoisotopic (exact) mass is 465 g/mol. The molecule has 2 N–H and O–H groups in total. The van der Waals surface area contributed by atoms with Gasteiger partial charge in [0.2, 0.25) is 0 Å². The maximum Gasteiger partial charge on any atom is 0.161 e. The van der Waals surface area contributed by atoms with Crippen molar-refractivity contribution >= 4 is 27.4 Å². The summed E-state index contributed by atoms with van der Waals surface area (Å²) in [7, 11) is 0. The molecule has 152 valence electrons. The van der Waals surface area contributed by atoms with E-state index in [2.05, 4.69) is 22.0 Å². The normalized spacial score (nSPS) is 19.1. The van der Waals surface area contributed by atoms with Crippen molar-refractivity contribution < 1.29 is 9.18 Å². The number of aryl methyl sites for hydroxylation is 2. The zero-order valence-electron chi connectivity index (χ0n) is 16.8. The van der Waals surface area contributed by atoms with Gasteiger partial charge in [0.05, 0.1) is 23.2 Å². The summed E-state index contributed by atoms with van der Waals surface area (Å²) in [6.07, 6.45) is 1.67. The SMILES string of the molecule is Cc1ccc(C)c(C2C(C#N)=C(N)N(c3ccc(Br)cc3F)C3=C2C(=O)CCC3)c1. The van der Waals surface area contributed by atoms with E-state index in [0.29, 0.717) is 35.0 Å². The lowest BCUT2D eigenvalue weighted by molar-refractivity contribution is -0.116. The van der Waals surface area contributed by atoms with E-state index in [1.807, 2.05) is 32.0 Å². The molecule has 0 bridgehead atoms. The van der Waals surface area contributed by atoms with Gasteiger partial charge in [-0.05, 0) is 56.0 Å². The van der Waals surface area contributed by atoms with E-state index < -0.39 is 11.7 Å². The number of carbonyl (C=O) groups is 1. The van der Waals surface area contributed by atoms with Crippen LogP contribution in [0.2, 0.25) is 0 Å². The Labute approximate surface area is 183 Å². The Morgan fingerprint density at radius 3 is 2.67 bits per heavy atom. The molecule has 6 heteroatoms. The average molecular weight is 466 g/mol. The number of allylic oxidation sites excluding steroid dienone is 3. The number of rotatable bonds is 2. The van der Waals surface area contributed by atoms with Crippen LogP contribution in [-0.2, 0) is 4.79 Å². The van der Waals surface area contributed by atoms with Crippen molar-refractivity contribution in [2.24, 2.45) is 5.73 Å².